The van der Waals surface area contributed by atoms with Gasteiger partial charge in [0.15, 0.2) is 11.6 Å². The summed E-state index contributed by atoms with van der Waals surface area (Å²) in [5, 5.41) is 21.6. The van der Waals surface area contributed by atoms with Gasteiger partial charge in [0.1, 0.15) is 12.7 Å². The van der Waals surface area contributed by atoms with Gasteiger partial charge < -0.3 is 15.8 Å². The van der Waals surface area contributed by atoms with Crippen molar-refractivity contribution in [1.29, 1.82) is 0 Å². The molecule has 0 atom stereocenters. The molecule has 2 aromatic heterocycles. The summed E-state index contributed by atoms with van der Waals surface area (Å²) in [6.45, 7) is 0. The van der Waals surface area contributed by atoms with E-state index in [0.29, 0.717) is 0 Å². The van der Waals surface area contributed by atoms with E-state index >= 15 is 0 Å². The molecule has 0 saturated carbocycles. The minimum absolute atomic E-state index is 0.00491. The third-order valence-electron chi connectivity index (χ3n) is 1.70. The first-order valence-corrected chi connectivity index (χ1v) is 4.02. The second-order valence-corrected chi connectivity index (χ2v) is 2.72. The Labute approximate surface area is 84.6 Å². The molecule has 0 spiro atoms. The number of nitrogens with zero attached hydrogens (tertiary/aromatic N) is 5. The van der Waals surface area contributed by atoms with Crippen molar-refractivity contribution in [3.05, 3.63) is 18.9 Å². The summed E-state index contributed by atoms with van der Waals surface area (Å²) >= 11 is 0. The minimum atomic E-state index is -1.69. The Morgan fingerprint density at radius 3 is 2.80 bits per heavy atom. The van der Waals surface area contributed by atoms with Crippen LogP contribution in [0.2, 0.25) is 0 Å². The van der Waals surface area contributed by atoms with Gasteiger partial charge >= 0.3 is 7.12 Å². The Bertz CT molecular complexity index is 459. The summed E-state index contributed by atoms with van der Waals surface area (Å²) in [5.74, 6) is 0.336. The fourth-order valence-corrected chi connectivity index (χ4v) is 1.01. The second kappa shape index (κ2) is 3.63. The zero-order valence-electron chi connectivity index (χ0n) is 7.52. The molecular weight excluding hydrogens is 199 g/mol. The van der Waals surface area contributed by atoms with Gasteiger partial charge in [0.25, 0.3) is 0 Å². The molecule has 8 nitrogen and oxygen atoms in total. The largest absolute Gasteiger partial charge is 0.509 e. The number of aromatic nitrogens is 5. The van der Waals surface area contributed by atoms with Crippen LogP contribution in [0, 0.1) is 0 Å². The lowest BCUT2D eigenvalue weighted by atomic mass is 9.87. The lowest BCUT2D eigenvalue weighted by Crippen LogP contribution is -2.34. The van der Waals surface area contributed by atoms with Crippen molar-refractivity contribution in [2.75, 3.05) is 5.73 Å². The Balaban J connectivity index is 2.51. The van der Waals surface area contributed by atoms with Gasteiger partial charge in [0.05, 0.1) is 5.59 Å². The van der Waals surface area contributed by atoms with E-state index in [0.717, 1.165) is 0 Å². The first-order chi connectivity index (χ1) is 7.18. The number of nitrogens with two attached hydrogens (primary N) is 1. The van der Waals surface area contributed by atoms with E-state index in [2.05, 4.69) is 20.1 Å². The fraction of sp³-hybridized carbons (Fsp3) is 0. The van der Waals surface area contributed by atoms with Crippen molar-refractivity contribution in [1.82, 2.24) is 24.7 Å². The zero-order valence-corrected chi connectivity index (χ0v) is 7.52. The van der Waals surface area contributed by atoms with Gasteiger partial charge in [-0.05, 0) is 0 Å². The van der Waals surface area contributed by atoms with Crippen LogP contribution in [0.3, 0.4) is 0 Å². The maximum Gasteiger partial charge on any atom is 0.509 e. The zero-order chi connectivity index (χ0) is 10.8. The van der Waals surface area contributed by atoms with Crippen LogP contribution >= 0.6 is 0 Å². The van der Waals surface area contributed by atoms with Crippen molar-refractivity contribution in [3.63, 3.8) is 0 Å². The SMILES string of the molecule is Nc1ncc(B(O)O)nc1-n1cncn1. The average molecular weight is 206 g/mol. The summed E-state index contributed by atoms with van der Waals surface area (Å²) in [6.07, 6.45) is 3.87. The molecule has 0 saturated heterocycles. The molecule has 4 N–H and O–H groups in total. The highest BCUT2D eigenvalue weighted by atomic mass is 16.4. The molecule has 0 aromatic carbocycles. The molecule has 2 aromatic rings. The van der Waals surface area contributed by atoms with Crippen LogP contribution in [0.5, 0.6) is 0 Å². The number of hydrogen-bond donors (Lipinski definition) is 3. The van der Waals surface area contributed by atoms with E-state index in [1.54, 1.807) is 0 Å². The standard InChI is InChI=1S/C6H7BN6O2/c8-5-6(13-3-9-2-11-13)12-4(1-10-5)7(14)15/h1-3,14-15H,(H2,8,10). The third kappa shape index (κ3) is 1.78. The lowest BCUT2D eigenvalue weighted by Gasteiger charge is -2.05. The summed E-state index contributed by atoms with van der Waals surface area (Å²) < 4.78 is 1.29. The van der Waals surface area contributed by atoms with E-state index in [1.807, 2.05) is 0 Å². The van der Waals surface area contributed by atoms with Crippen LogP contribution in [0.25, 0.3) is 5.82 Å². The molecule has 0 bridgehead atoms. The van der Waals surface area contributed by atoms with Crippen LogP contribution in [-0.2, 0) is 0 Å². The molecule has 0 fully saturated rings. The Hall–Kier alpha value is -2.00. The number of anilines is 1. The quantitative estimate of drug-likeness (QED) is 0.457. The first kappa shape index (κ1) is 9.56. The van der Waals surface area contributed by atoms with Gasteiger partial charge in [-0.15, -0.1) is 0 Å². The van der Waals surface area contributed by atoms with Crippen molar-refractivity contribution in [3.8, 4) is 5.82 Å². The van der Waals surface area contributed by atoms with E-state index in [1.165, 1.54) is 23.5 Å². The number of nitrogen functional groups attached to an aromatic ring is 1. The van der Waals surface area contributed by atoms with Crippen LogP contribution in [0.15, 0.2) is 18.9 Å². The first-order valence-electron chi connectivity index (χ1n) is 4.02. The third-order valence-corrected chi connectivity index (χ3v) is 1.70. The van der Waals surface area contributed by atoms with Crippen LogP contribution < -0.4 is 11.3 Å². The monoisotopic (exact) mass is 206 g/mol. The molecule has 0 aliphatic carbocycles. The molecule has 0 radical (unpaired) electrons. The van der Waals surface area contributed by atoms with Crippen molar-refractivity contribution in [2.45, 2.75) is 0 Å². The van der Waals surface area contributed by atoms with Gasteiger partial charge in [0.2, 0.25) is 0 Å². The summed E-state index contributed by atoms with van der Waals surface area (Å²) in [5.41, 5.74) is 5.55. The molecule has 9 heteroatoms. The maximum absolute atomic E-state index is 8.90. The van der Waals surface area contributed by atoms with Gasteiger partial charge in [-0.1, -0.05) is 0 Å². The topological polar surface area (TPSA) is 123 Å². The lowest BCUT2D eigenvalue weighted by molar-refractivity contribution is 0.424. The van der Waals surface area contributed by atoms with E-state index in [9.17, 15) is 0 Å². The molecule has 2 rings (SSSR count). The summed E-state index contributed by atoms with van der Waals surface area (Å²) in [7, 11) is -1.69. The maximum atomic E-state index is 8.90. The number of hydrogen-bond acceptors (Lipinski definition) is 7. The molecule has 0 unspecified atom stereocenters. The van der Waals surface area contributed by atoms with Crippen molar-refractivity contribution < 1.29 is 10.0 Å². The summed E-state index contributed by atoms with van der Waals surface area (Å²) in [6, 6.07) is 0. The highest BCUT2D eigenvalue weighted by Crippen LogP contribution is 2.06. The van der Waals surface area contributed by atoms with Crippen molar-refractivity contribution in [2.24, 2.45) is 0 Å². The summed E-state index contributed by atoms with van der Waals surface area (Å²) in [4.78, 5) is 11.4. The molecule has 0 amide bonds. The van der Waals surface area contributed by atoms with Gasteiger partial charge in [-0.3, -0.25) is 0 Å². The van der Waals surface area contributed by atoms with Gasteiger partial charge in [-0.2, -0.15) is 9.78 Å². The van der Waals surface area contributed by atoms with Crippen LogP contribution in [0.4, 0.5) is 5.82 Å². The van der Waals surface area contributed by atoms with Crippen LogP contribution in [0.1, 0.15) is 0 Å². The Morgan fingerprint density at radius 1 is 1.40 bits per heavy atom. The predicted octanol–water partition coefficient (Wildman–Crippen LogP) is -2.68. The molecule has 0 aliphatic rings. The van der Waals surface area contributed by atoms with E-state index < -0.39 is 7.12 Å². The Morgan fingerprint density at radius 2 is 2.20 bits per heavy atom. The van der Waals surface area contributed by atoms with Gasteiger partial charge in [-0.25, -0.2) is 15.0 Å². The highest BCUT2D eigenvalue weighted by Gasteiger charge is 2.16. The Kier molecular flexibility index (Phi) is 2.31. The second-order valence-electron chi connectivity index (χ2n) is 2.72. The smallest absolute Gasteiger partial charge is 0.422 e. The minimum Gasteiger partial charge on any atom is -0.422 e. The van der Waals surface area contributed by atoms with Crippen LogP contribution in [-0.4, -0.2) is 41.9 Å². The highest BCUT2D eigenvalue weighted by molar-refractivity contribution is 6.57. The average Bonchev–Trinajstić information content (AvgIpc) is 2.71. The predicted molar refractivity (Wildman–Crippen MR) is 51.2 cm³/mol. The molecular formula is C6H7BN6O2. The molecule has 0 aliphatic heterocycles. The molecule has 76 valence electrons. The normalized spacial score (nSPS) is 10.3. The van der Waals surface area contributed by atoms with Gasteiger partial charge in [0, 0.05) is 6.20 Å². The van der Waals surface area contributed by atoms with Crippen molar-refractivity contribution >= 4 is 18.5 Å². The molecule has 15 heavy (non-hydrogen) atoms. The van der Waals surface area contributed by atoms with E-state index in [-0.39, 0.29) is 17.2 Å². The number of rotatable bonds is 2. The van der Waals surface area contributed by atoms with E-state index in [4.69, 9.17) is 15.8 Å². The fourth-order valence-electron chi connectivity index (χ4n) is 1.01. The molecule has 2 heterocycles.